The highest BCUT2D eigenvalue weighted by molar-refractivity contribution is 5.95. The Kier molecular flexibility index (Phi) is 5.82. The lowest BCUT2D eigenvalue weighted by molar-refractivity contribution is -0.384. The average molecular weight is 358 g/mol. The molecular formula is C19H22N2O5. The van der Waals surface area contributed by atoms with Crippen molar-refractivity contribution in [3.8, 4) is 11.5 Å². The molecule has 1 amide bonds. The Bertz CT molecular complexity index is 848. The first-order valence-electron chi connectivity index (χ1n) is 8.10. The highest BCUT2D eigenvalue weighted by Gasteiger charge is 2.20. The lowest BCUT2D eigenvalue weighted by Gasteiger charge is -2.18. The standard InChI is InChI=1S/C19H22N2O5/c1-11-8-12(2)13(3)18(9-11)26-14(4)19(22)20-16-10-15(21(23)24)6-7-17(16)25-5/h6-10,14H,1-5H3,(H,20,22)/t14-/m1/s1. The van der Waals surface area contributed by atoms with E-state index in [2.05, 4.69) is 5.32 Å². The Morgan fingerprint density at radius 3 is 2.46 bits per heavy atom. The van der Waals surface area contributed by atoms with Crippen molar-refractivity contribution in [3.05, 3.63) is 57.1 Å². The third-order valence-corrected chi connectivity index (χ3v) is 4.09. The number of nitro groups is 1. The summed E-state index contributed by atoms with van der Waals surface area (Å²) in [6.07, 6.45) is -0.793. The predicted octanol–water partition coefficient (Wildman–Crippen LogP) is 3.93. The van der Waals surface area contributed by atoms with Crippen LogP contribution in [-0.2, 0) is 4.79 Å². The summed E-state index contributed by atoms with van der Waals surface area (Å²) in [5, 5.41) is 13.6. The minimum absolute atomic E-state index is 0.139. The van der Waals surface area contributed by atoms with Crippen LogP contribution in [0.4, 0.5) is 11.4 Å². The van der Waals surface area contributed by atoms with Crippen LogP contribution in [0.1, 0.15) is 23.6 Å². The SMILES string of the molecule is COc1ccc([N+](=O)[O-])cc1NC(=O)[C@@H](C)Oc1cc(C)cc(C)c1C. The fourth-order valence-corrected chi connectivity index (χ4v) is 2.51. The molecule has 0 fully saturated rings. The minimum Gasteiger partial charge on any atom is -0.495 e. The molecule has 0 heterocycles. The van der Waals surface area contributed by atoms with Gasteiger partial charge >= 0.3 is 0 Å². The fraction of sp³-hybridized carbons (Fsp3) is 0.316. The quantitative estimate of drug-likeness (QED) is 0.624. The van der Waals surface area contributed by atoms with E-state index in [-0.39, 0.29) is 11.4 Å². The number of nitrogens with zero attached hydrogens (tertiary/aromatic N) is 1. The van der Waals surface area contributed by atoms with Crippen LogP contribution in [0.25, 0.3) is 0 Å². The molecule has 2 rings (SSSR count). The number of nitrogens with one attached hydrogen (secondary N) is 1. The van der Waals surface area contributed by atoms with E-state index in [0.29, 0.717) is 11.5 Å². The molecule has 138 valence electrons. The molecule has 0 aromatic heterocycles. The molecule has 1 N–H and O–H groups in total. The molecule has 1 atom stereocenters. The summed E-state index contributed by atoms with van der Waals surface area (Å²) in [6.45, 7) is 7.49. The zero-order valence-corrected chi connectivity index (χ0v) is 15.5. The number of ether oxygens (including phenoxy) is 2. The first-order valence-corrected chi connectivity index (χ1v) is 8.10. The van der Waals surface area contributed by atoms with Crippen molar-refractivity contribution >= 4 is 17.3 Å². The van der Waals surface area contributed by atoms with E-state index < -0.39 is 16.9 Å². The van der Waals surface area contributed by atoms with Crippen molar-refractivity contribution in [2.75, 3.05) is 12.4 Å². The van der Waals surface area contributed by atoms with E-state index in [1.54, 1.807) is 6.92 Å². The number of rotatable bonds is 6. The summed E-state index contributed by atoms with van der Waals surface area (Å²) >= 11 is 0. The van der Waals surface area contributed by atoms with Crippen molar-refractivity contribution in [3.63, 3.8) is 0 Å². The smallest absolute Gasteiger partial charge is 0.271 e. The molecule has 0 aliphatic carbocycles. The lowest BCUT2D eigenvalue weighted by atomic mass is 10.1. The first kappa shape index (κ1) is 19.2. The molecule has 0 saturated carbocycles. The number of anilines is 1. The Morgan fingerprint density at radius 2 is 1.85 bits per heavy atom. The molecule has 0 saturated heterocycles. The van der Waals surface area contributed by atoms with E-state index in [1.807, 2.05) is 32.9 Å². The highest BCUT2D eigenvalue weighted by atomic mass is 16.6. The number of amides is 1. The third kappa shape index (κ3) is 4.30. The summed E-state index contributed by atoms with van der Waals surface area (Å²) < 4.78 is 11.0. The second-order valence-corrected chi connectivity index (χ2v) is 6.10. The van der Waals surface area contributed by atoms with Crippen LogP contribution in [0.2, 0.25) is 0 Å². The molecule has 0 bridgehead atoms. The second kappa shape index (κ2) is 7.86. The summed E-state index contributed by atoms with van der Waals surface area (Å²) in [6, 6.07) is 7.92. The molecule has 2 aromatic rings. The summed E-state index contributed by atoms with van der Waals surface area (Å²) in [4.78, 5) is 22.9. The van der Waals surface area contributed by atoms with E-state index in [4.69, 9.17) is 9.47 Å². The van der Waals surface area contributed by atoms with E-state index in [0.717, 1.165) is 16.7 Å². The van der Waals surface area contributed by atoms with Crippen molar-refractivity contribution in [1.29, 1.82) is 0 Å². The highest BCUT2D eigenvalue weighted by Crippen LogP contribution is 2.29. The van der Waals surface area contributed by atoms with Gasteiger partial charge < -0.3 is 14.8 Å². The van der Waals surface area contributed by atoms with Crippen LogP contribution < -0.4 is 14.8 Å². The Labute approximate surface area is 152 Å². The molecule has 26 heavy (non-hydrogen) atoms. The number of methoxy groups -OCH3 is 1. The summed E-state index contributed by atoms with van der Waals surface area (Å²) in [5.74, 6) is 0.539. The maximum absolute atomic E-state index is 12.5. The number of carbonyl (C=O) groups excluding carboxylic acids is 1. The molecular weight excluding hydrogens is 336 g/mol. The van der Waals surface area contributed by atoms with Gasteiger partial charge in [-0.1, -0.05) is 6.07 Å². The van der Waals surface area contributed by atoms with Crippen molar-refractivity contribution < 1.29 is 19.2 Å². The zero-order chi connectivity index (χ0) is 19.4. The van der Waals surface area contributed by atoms with Crippen molar-refractivity contribution in [2.24, 2.45) is 0 Å². The van der Waals surface area contributed by atoms with Crippen LogP contribution in [0.3, 0.4) is 0 Å². The van der Waals surface area contributed by atoms with Gasteiger partial charge in [0.05, 0.1) is 17.7 Å². The predicted molar refractivity (Wildman–Crippen MR) is 99.0 cm³/mol. The van der Waals surface area contributed by atoms with Gasteiger partial charge in [0.1, 0.15) is 11.5 Å². The minimum atomic E-state index is -0.793. The van der Waals surface area contributed by atoms with Gasteiger partial charge in [-0.2, -0.15) is 0 Å². The Balaban J connectivity index is 2.20. The van der Waals surface area contributed by atoms with Gasteiger partial charge in [-0.25, -0.2) is 0 Å². The van der Waals surface area contributed by atoms with Gasteiger partial charge in [0.15, 0.2) is 6.10 Å². The molecule has 0 aliphatic rings. The van der Waals surface area contributed by atoms with Gasteiger partial charge in [-0.3, -0.25) is 14.9 Å². The maximum Gasteiger partial charge on any atom is 0.271 e. The Morgan fingerprint density at radius 1 is 1.15 bits per heavy atom. The number of aryl methyl sites for hydroxylation is 2. The van der Waals surface area contributed by atoms with Crippen molar-refractivity contribution in [2.45, 2.75) is 33.8 Å². The molecule has 0 spiro atoms. The normalized spacial score (nSPS) is 11.6. The van der Waals surface area contributed by atoms with E-state index in [9.17, 15) is 14.9 Å². The van der Waals surface area contributed by atoms with Crippen LogP contribution in [0, 0.1) is 30.9 Å². The Hall–Kier alpha value is -3.09. The number of non-ortho nitro benzene ring substituents is 1. The number of carbonyl (C=O) groups is 1. The molecule has 0 unspecified atom stereocenters. The lowest BCUT2D eigenvalue weighted by Crippen LogP contribution is -2.30. The van der Waals surface area contributed by atoms with Gasteiger partial charge in [-0.05, 0) is 56.5 Å². The molecule has 2 aromatic carbocycles. The fourth-order valence-electron chi connectivity index (χ4n) is 2.51. The topological polar surface area (TPSA) is 90.7 Å². The molecule has 0 aliphatic heterocycles. The van der Waals surface area contributed by atoms with Crippen LogP contribution in [0.15, 0.2) is 30.3 Å². The average Bonchev–Trinajstić information content (AvgIpc) is 2.58. The monoisotopic (exact) mass is 358 g/mol. The van der Waals surface area contributed by atoms with Crippen LogP contribution >= 0.6 is 0 Å². The molecule has 7 nitrogen and oxygen atoms in total. The largest absolute Gasteiger partial charge is 0.495 e. The van der Waals surface area contributed by atoms with Crippen molar-refractivity contribution in [1.82, 2.24) is 0 Å². The number of hydrogen-bond donors (Lipinski definition) is 1. The first-order chi connectivity index (χ1) is 12.2. The van der Waals surface area contributed by atoms with Gasteiger partial charge in [0.25, 0.3) is 11.6 Å². The maximum atomic E-state index is 12.5. The van der Waals surface area contributed by atoms with Gasteiger partial charge in [-0.15, -0.1) is 0 Å². The zero-order valence-electron chi connectivity index (χ0n) is 15.5. The van der Waals surface area contributed by atoms with Gasteiger partial charge in [0.2, 0.25) is 0 Å². The molecule has 0 radical (unpaired) electrons. The number of benzene rings is 2. The number of nitro benzene ring substituents is 1. The third-order valence-electron chi connectivity index (χ3n) is 4.09. The van der Waals surface area contributed by atoms with Crippen LogP contribution in [-0.4, -0.2) is 24.0 Å². The molecule has 7 heteroatoms. The second-order valence-electron chi connectivity index (χ2n) is 6.10. The summed E-state index contributed by atoms with van der Waals surface area (Å²) in [5.41, 5.74) is 3.16. The number of hydrogen-bond acceptors (Lipinski definition) is 5. The van der Waals surface area contributed by atoms with Gasteiger partial charge in [0, 0.05) is 12.1 Å². The summed E-state index contributed by atoms with van der Waals surface area (Å²) in [7, 11) is 1.43. The van der Waals surface area contributed by atoms with E-state index >= 15 is 0 Å². The van der Waals surface area contributed by atoms with Crippen LogP contribution in [0.5, 0.6) is 11.5 Å². The van der Waals surface area contributed by atoms with E-state index in [1.165, 1.54) is 25.3 Å².